The number of hydrogen-bond acceptors (Lipinski definition) is 4. The summed E-state index contributed by atoms with van der Waals surface area (Å²) in [5.41, 5.74) is 3.38. The highest BCUT2D eigenvalue weighted by molar-refractivity contribution is 5.98. The maximum absolute atomic E-state index is 12.9. The van der Waals surface area contributed by atoms with E-state index in [1.54, 1.807) is 28.8 Å². The number of rotatable bonds is 4. The smallest absolute Gasteiger partial charge is 0.270 e. The van der Waals surface area contributed by atoms with Crippen molar-refractivity contribution in [1.82, 2.24) is 4.57 Å². The first-order valence-electron chi connectivity index (χ1n) is 9.42. The molecular formula is C23H19N3O4. The molecule has 3 aromatic carbocycles. The van der Waals surface area contributed by atoms with Gasteiger partial charge in [-0.1, -0.05) is 29.8 Å². The van der Waals surface area contributed by atoms with E-state index >= 15 is 0 Å². The van der Waals surface area contributed by atoms with Gasteiger partial charge in [0.2, 0.25) is 5.91 Å². The number of amides is 1. The van der Waals surface area contributed by atoms with Gasteiger partial charge in [-0.25, -0.2) is 0 Å². The van der Waals surface area contributed by atoms with Gasteiger partial charge < -0.3 is 9.88 Å². The Morgan fingerprint density at radius 3 is 2.47 bits per heavy atom. The van der Waals surface area contributed by atoms with Crippen LogP contribution in [-0.2, 0) is 11.3 Å². The SMILES string of the molecule is Cc1ccc(NC(=O)Cn2c3ccccc3c(=O)c3cc([N+](=O)[O-])ccc32)c(C)c1. The van der Waals surface area contributed by atoms with Crippen LogP contribution in [0.2, 0.25) is 0 Å². The van der Waals surface area contributed by atoms with Crippen molar-refractivity contribution in [3.05, 3.63) is 92.1 Å². The molecule has 1 N–H and O–H groups in total. The van der Waals surface area contributed by atoms with Gasteiger partial charge in [0.25, 0.3) is 5.69 Å². The molecule has 0 bridgehead atoms. The number of carbonyl (C=O) groups excluding carboxylic acids is 1. The molecule has 0 saturated carbocycles. The summed E-state index contributed by atoms with van der Waals surface area (Å²) in [6.07, 6.45) is 0. The summed E-state index contributed by atoms with van der Waals surface area (Å²) >= 11 is 0. The Kier molecular flexibility index (Phi) is 4.79. The van der Waals surface area contributed by atoms with E-state index in [1.807, 2.05) is 32.0 Å². The van der Waals surface area contributed by atoms with Crippen LogP contribution in [0.25, 0.3) is 21.8 Å². The highest BCUT2D eigenvalue weighted by atomic mass is 16.6. The second-order valence-corrected chi connectivity index (χ2v) is 7.26. The van der Waals surface area contributed by atoms with Crippen molar-refractivity contribution in [3.8, 4) is 0 Å². The van der Waals surface area contributed by atoms with Crippen LogP contribution in [0, 0.1) is 24.0 Å². The van der Waals surface area contributed by atoms with E-state index in [-0.39, 0.29) is 29.0 Å². The molecule has 1 heterocycles. The van der Waals surface area contributed by atoms with Crippen LogP contribution >= 0.6 is 0 Å². The second-order valence-electron chi connectivity index (χ2n) is 7.26. The highest BCUT2D eigenvalue weighted by Gasteiger charge is 2.16. The zero-order chi connectivity index (χ0) is 21.4. The van der Waals surface area contributed by atoms with E-state index < -0.39 is 4.92 Å². The summed E-state index contributed by atoms with van der Waals surface area (Å²) in [6.45, 7) is 3.87. The summed E-state index contributed by atoms with van der Waals surface area (Å²) in [6, 6.07) is 16.8. The quantitative estimate of drug-likeness (QED) is 0.313. The summed E-state index contributed by atoms with van der Waals surface area (Å²) in [7, 11) is 0. The summed E-state index contributed by atoms with van der Waals surface area (Å²) in [5, 5.41) is 14.7. The largest absolute Gasteiger partial charge is 0.331 e. The van der Waals surface area contributed by atoms with Gasteiger partial charge in [-0.05, 0) is 43.7 Å². The van der Waals surface area contributed by atoms with Crippen LogP contribution in [0.3, 0.4) is 0 Å². The first-order valence-corrected chi connectivity index (χ1v) is 9.42. The maximum Gasteiger partial charge on any atom is 0.270 e. The predicted octanol–water partition coefficient (Wildman–Crippen LogP) is 4.32. The molecule has 0 aliphatic heterocycles. The molecule has 150 valence electrons. The standard InChI is InChI=1S/C23H19N3O4/c1-14-7-9-19(15(2)11-14)24-22(27)13-25-20-6-4-3-5-17(20)23(28)18-12-16(26(29)30)8-10-21(18)25/h3-12H,13H2,1-2H3,(H,24,27). The van der Waals surface area contributed by atoms with E-state index in [4.69, 9.17) is 0 Å². The third-order valence-corrected chi connectivity index (χ3v) is 5.12. The van der Waals surface area contributed by atoms with Gasteiger partial charge in [0.15, 0.2) is 5.43 Å². The zero-order valence-electron chi connectivity index (χ0n) is 16.5. The molecule has 30 heavy (non-hydrogen) atoms. The first-order chi connectivity index (χ1) is 14.3. The van der Waals surface area contributed by atoms with Crippen LogP contribution in [0.5, 0.6) is 0 Å². The van der Waals surface area contributed by atoms with Crippen molar-refractivity contribution in [2.24, 2.45) is 0 Å². The van der Waals surface area contributed by atoms with Crippen LogP contribution in [-0.4, -0.2) is 15.4 Å². The third kappa shape index (κ3) is 3.41. The number of aryl methyl sites for hydroxylation is 2. The van der Waals surface area contributed by atoms with E-state index in [2.05, 4.69) is 5.32 Å². The Morgan fingerprint density at radius 1 is 1.00 bits per heavy atom. The van der Waals surface area contributed by atoms with Crippen molar-refractivity contribution >= 4 is 39.1 Å². The normalized spacial score (nSPS) is 11.0. The molecule has 1 aromatic heterocycles. The molecule has 0 radical (unpaired) electrons. The van der Waals surface area contributed by atoms with Crippen LogP contribution < -0.4 is 10.7 Å². The number of benzene rings is 3. The van der Waals surface area contributed by atoms with Gasteiger partial charge in [-0.3, -0.25) is 19.7 Å². The Labute approximate surface area is 171 Å². The monoisotopic (exact) mass is 401 g/mol. The fraction of sp³-hybridized carbons (Fsp3) is 0.130. The molecule has 0 unspecified atom stereocenters. The van der Waals surface area contributed by atoms with Gasteiger partial charge in [0, 0.05) is 23.2 Å². The molecular weight excluding hydrogens is 382 g/mol. The lowest BCUT2D eigenvalue weighted by molar-refractivity contribution is -0.384. The van der Waals surface area contributed by atoms with Crippen molar-refractivity contribution in [3.63, 3.8) is 0 Å². The Bertz CT molecular complexity index is 1390. The predicted molar refractivity (Wildman–Crippen MR) is 117 cm³/mol. The Hall–Kier alpha value is -4.00. The molecule has 0 spiro atoms. The molecule has 7 heteroatoms. The molecule has 0 aliphatic carbocycles. The summed E-state index contributed by atoms with van der Waals surface area (Å²) < 4.78 is 1.72. The van der Waals surface area contributed by atoms with Crippen molar-refractivity contribution in [1.29, 1.82) is 0 Å². The highest BCUT2D eigenvalue weighted by Crippen LogP contribution is 2.24. The van der Waals surface area contributed by atoms with Crippen molar-refractivity contribution < 1.29 is 9.72 Å². The lowest BCUT2D eigenvalue weighted by Crippen LogP contribution is -2.22. The van der Waals surface area contributed by atoms with E-state index in [0.29, 0.717) is 16.4 Å². The fourth-order valence-electron chi connectivity index (χ4n) is 3.69. The van der Waals surface area contributed by atoms with Crippen LogP contribution in [0.4, 0.5) is 11.4 Å². The average Bonchev–Trinajstić information content (AvgIpc) is 2.72. The number of nitro groups is 1. The molecule has 4 aromatic rings. The fourth-order valence-corrected chi connectivity index (χ4v) is 3.69. The topological polar surface area (TPSA) is 94.2 Å². The number of pyridine rings is 1. The Balaban J connectivity index is 1.84. The van der Waals surface area contributed by atoms with Gasteiger partial charge in [0.05, 0.1) is 21.3 Å². The minimum Gasteiger partial charge on any atom is -0.331 e. The first kappa shape index (κ1) is 19.3. The molecule has 4 rings (SSSR count). The minimum absolute atomic E-state index is 0.0393. The van der Waals surface area contributed by atoms with Gasteiger partial charge in [-0.2, -0.15) is 0 Å². The van der Waals surface area contributed by atoms with Crippen LogP contribution in [0.15, 0.2) is 65.5 Å². The molecule has 1 amide bonds. The summed E-state index contributed by atoms with van der Waals surface area (Å²) in [4.78, 5) is 36.4. The second kappa shape index (κ2) is 7.44. The molecule has 0 saturated heterocycles. The van der Waals surface area contributed by atoms with Crippen molar-refractivity contribution in [2.45, 2.75) is 20.4 Å². The number of nitrogens with one attached hydrogen (secondary N) is 1. The van der Waals surface area contributed by atoms with E-state index in [0.717, 1.165) is 16.8 Å². The number of aromatic nitrogens is 1. The number of fused-ring (bicyclic) bond motifs is 2. The lowest BCUT2D eigenvalue weighted by atomic mass is 10.1. The van der Waals surface area contributed by atoms with Gasteiger partial charge >= 0.3 is 0 Å². The van der Waals surface area contributed by atoms with E-state index in [9.17, 15) is 19.7 Å². The molecule has 7 nitrogen and oxygen atoms in total. The van der Waals surface area contributed by atoms with Crippen LogP contribution in [0.1, 0.15) is 11.1 Å². The number of para-hydroxylation sites is 1. The number of hydrogen-bond donors (Lipinski definition) is 1. The van der Waals surface area contributed by atoms with E-state index in [1.165, 1.54) is 18.2 Å². The summed E-state index contributed by atoms with van der Waals surface area (Å²) in [5.74, 6) is -0.254. The third-order valence-electron chi connectivity index (χ3n) is 5.12. The number of nitrogens with zero attached hydrogens (tertiary/aromatic N) is 2. The maximum atomic E-state index is 12.9. The number of nitro benzene ring substituents is 1. The molecule has 0 atom stereocenters. The molecule has 0 fully saturated rings. The number of carbonyl (C=O) groups is 1. The minimum atomic E-state index is -0.536. The lowest BCUT2D eigenvalue weighted by Gasteiger charge is -2.16. The number of non-ortho nitro benzene ring substituents is 1. The zero-order valence-corrected chi connectivity index (χ0v) is 16.5. The van der Waals surface area contributed by atoms with Gasteiger partial charge in [0.1, 0.15) is 6.54 Å². The number of anilines is 1. The Morgan fingerprint density at radius 2 is 1.73 bits per heavy atom. The molecule has 0 aliphatic rings. The van der Waals surface area contributed by atoms with Gasteiger partial charge in [-0.15, -0.1) is 0 Å². The average molecular weight is 401 g/mol. The van der Waals surface area contributed by atoms with Crippen molar-refractivity contribution in [2.75, 3.05) is 5.32 Å².